The molecule has 0 saturated heterocycles. The predicted molar refractivity (Wildman–Crippen MR) is 68.4 cm³/mol. The molecule has 1 aromatic rings. The molecule has 0 fully saturated rings. The van der Waals surface area contributed by atoms with Gasteiger partial charge in [-0.05, 0) is 31.5 Å². The molecule has 0 heterocycles. The number of aliphatic hydroxyl groups excluding tert-OH is 2. The number of hydrogen-bond acceptors (Lipinski definition) is 4. The quantitative estimate of drug-likeness (QED) is 0.815. The molecule has 0 aliphatic heterocycles. The Bertz CT molecular complexity index is 464. The van der Waals surface area contributed by atoms with Gasteiger partial charge in [0.25, 0.3) is 0 Å². The number of rotatable bonds is 5. The summed E-state index contributed by atoms with van der Waals surface area (Å²) in [5, 5.41) is 19.8. The van der Waals surface area contributed by atoms with Crippen LogP contribution in [-0.4, -0.2) is 28.9 Å². The van der Waals surface area contributed by atoms with Crippen molar-refractivity contribution in [3.8, 4) is 0 Å². The summed E-state index contributed by atoms with van der Waals surface area (Å²) in [6.45, 7) is 3.45. The fourth-order valence-corrected chi connectivity index (χ4v) is 1.77. The van der Waals surface area contributed by atoms with Crippen LogP contribution in [0.25, 0.3) is 0 Å². The standard InChI is InChI=1S/C13H16ClFO4/c1-3-19-12(17)6-11(16)13(18)8-4-7(2)9(14)5-10(8)15/h4-5,11,13,16,18H,3,6H2,1-2H3. The largest absolute Gasteiger partial charge is 0.466 e. The van der Waals surface area contributed by atoms with Crippen molar-refractivity contribution in [3.05, 3.63) is 34.1 Å². The van der Waals surface area contributed by atoms with Gasteiger partial charge in [-0.2, -0.15) is 0 Å². The molecule has 1 rings (SSSR count). The number of hydrogen-bond donors (Lipinski definition) is 2. The van der Waals surface area contributed by atoms with Crippen LogP contribution >= 0.6 is 11.6 Å². The zero-order valence-corrected chi connectivity index (χ0v) is 11.4. The summed E-state index contributed by atoms with van der Waals surface area (Å²) in [6, 6.07) is 2.41. The second kappa shape index (κ2) is 6.84. The van der Waals surface area contributed by atoms with Gasteiger partial charge in [-0.25, -0.2) is 4.39 Å². The monoisotopic (exact) mass is 290 g/mol. The molecular weight excluding hydrogens is 275 g/mol. The van der Waals surface area contributed by atoms with E-state index < -0.39 is 30.4 Å². The Labute approximate surface area is 115 Å². The SMILES string of the molecule is CCOC(=O)CC(O)C(O)c1cc(C)c(Cl)cc1F. The van der Waals surface area contributed by atoms with Gasteiger partial charge < -0.3 is 14.9 Å². The lowest BCUT2D eigenvalue weighted by molar-refractivity contribution is -0.147. The highest BCUT2D eigenvalue weighted by Gasteiger charge is 2.25. The molecule has 0 aromatic heterocycles. The summed E-state index contributed by atoms with van der Waals surface area (Å²) >= 11 is 5.74. The molecule has 1 aromatic carbocycles. The summed E-state index contributed by atoms with van der Waals surface area (Å²) in [6.07, 6.45) is -3.36. The molecule has 0 aliphatic carbocycles. The highest BCUT2D eigenvalue weighted by molar-refractivity contribution is 6.31. The van der Waals surface area contributed by atoms with Crippen molar-refractivity contribution >= 4 is 17.6 Å². The lowest BCUT2D eigenvalue weighted by Gasteiger charge is -2.18. The first kappa shape index (κ1) is 15.9. The number of esters is 1. The van der Waals surface area contributed by atoms with Gasteiger partial charge in [0.2, 0.25) is 0 Å². The van der Waals surface area contributed by atoms with E-state index >= 15 is 0 Å². The van der Waals surface area contributed by atoms with Crippen LogP contribution in [0.15, 0.2) is 12.1 Å². The van der Waals surface area contributed by atoms with Gasteiger partial charge in [0, 0.05) is 10.6 Å². The zero-order valence-electron chi connectivity index (χ0n) is 10.7. The average molecular weight is 291 g/mol. The molecule has 0 spiro atoms. The maximum absolute atomic E-state index is 13.7. The van der Waals surface area contributed by atoms with Crippen LogP contribution in [0, 0.1) is 12.7 Å². The minimum atomic E-state index is -1.51. The number of carbonyl (C=O) groups is 1. The van der Waals surface area contributed by atoms with Crippen molar-refractivity contribution in [1.29, 1.82) is 0 Å². The normalized spacial score (nSPS) is 14.0. The minimum absolute atomic E-state index is 0.0984. The molecule has 2 atom stereocenters. The summed E-state index contributed by atoms with van der Waals surface area (Å²) in [7, 11) is 0. The molecule has 0 saturated carbocycles. The smallest absolute Gasteiger partial charge is 0.308 e. The third-order valence-electron chi connectivity index (χ3n) is 2.64. The first-order valence-corrected chi connectivity index (χ1v) is 6.21. The summed E-state index contributed by atoms with van der Waals surface area (Å²) in [5.41, 5.74) is 0.471. The molecule has 6 heteroatoms. The maximum atomic E-state index is 13.7. The molecule has 19 heavy (non-hydrogen) atoms. The van der Waals surface area contributed by atoms with Crippen molar-refractivity contribution in [2.45, 2.75) is 32.5 Å². The Kier molecular flexibility index (Phi) is 5.72. The first-order valence-electron chi connectivity index (χ1n) is 5.84. The van der Waals surface area contributed by atoms with Crippen LogP contribution in [0.2, 0.25) is 5.02 Å². The second-order valence-electron chi connectivity index (χ2n) is 4.14. The summed E-state index contributed by atoms with van der Waals surface area (Å²) < 4.78 is 18.3. The zero-order chi connectivity index (χ0) is 14.6. The van der Waals surface area contributed by atoms with Crippen molar-refractivity contribution in [3.63, 3.8) is 0 Å². The van der Waals surface area contributed by atoms with Crippen LogP contribution in [0.1, 0.15) is 30.6 Å². The van der Waals surface area contributed by atoms with Crippen LogP contribution in [-0.2, 0) is 9.53 Å². The fraction of sp³-hybridized carbons (Fsp3) is 0.462. The van der Waals surface area contributed by atoms with E-state index in [-0.39, 0.29) is 17.2 Å². The van der Waals surface area contributed by atoms with E-state index in [1.54, 1.807) is 13.8 Å². The molecule has 0 amide bonds. The highest BCUT2D eigenvalue weighted by atomic mass is 35.5. The van der Waals surface area contributed by atoms with Crippen molar-refractivity contribution in [2.24, 2.45) is 0 Å². The van der Waals surface area contributed by atoms with Gasteiger partial charge in [-0.1, -0.05) is 11.6 Å². The summed E-state index contributed by atoms with van der Waals surface area (Å²) in [5.74, 6) is -1.38. The van der Waals surface area contributed by atoms with Gasteiger partial charge in [-0.15, -0.1) is 0 Å². The van der Waals surface area contributed by atoms with Crippen LogP contribution < -0.4 is 0 Å². The van der Waals surface area contributed by atoms with E-state index in [1.807, 2.05) is 0 Å². The number of aryl methyl sites for hydroxylation is 1. The lowest BCUT2D eigenvalue weighted by Crippen LogP contribution is -2.24. The van der Waals surface area contributed by atoms with Gasteiger partial charge >= 0.3 is 5.97 Å². The average Bonchev–Trinajstić information content (AvgIpc) is 2.33. The molecule has 0 aliphatic rings. The van der Waals surface area contributed by atoms with Crippen molar-refractivity contribution in [2.75, 3.05) is 6.61 Å². The Morgan fingerprint density at radius 2 is 2.11 bits per heavy atom. The highest BCUT2D eigenvalue weighted by Crippen LogP contribution is 2.27. The Morgan fingerprint density at radius 3 is 2.68 bits per heavy atom. The maximum Gasteiger partial charge on any atom is 0.308 e. The molecule has 2 unspecified atom stereocenters. The van der Waals surface area contributed by atoms with E-state index in [0.717, 1.165) is 6.07 Å². The number of benzene rings is 1. The van der Waals surface area contributed by atoms with Gasteiger partial charge in [-0.3, -0.25) is 4.79 Å². The topological polar surface area (TPSA) is 66.8 Å². The second-order valence-corrected chi connectivity index (χ2v) is 4.55. The van der Waals surface area contributed by atoms with Crippen LogP contribution in [0.5, 0.6) is 0 Å². The molecule has 4 nitrogen and oxygen atoms in total. The van der Waals surface area contributed by atoms with Crippen LogP contribution in [0.4, 0.5) is 4.39 Å². The molecule has 0 radical (unpaired) electrons. The van der Waals surface area contributed by atoms with E-state index in [1.165, 1.54) is 6.07 Å². The third kappa shape index (κ3) is 4.16. The van der Waals surface area contributed by atoms with E-state index in [4.69, 9.17) is 11.6 Å². The summed E-state index contributed by atoms with van der Waals surface area (Å²) in [4.78, 5) is 11.2. The van der Waals surface area contributed by atoms with Gasteiger partial charge in [0.1, 0.15) is 11.9 Å². The predicted octanol–water partition coefficient (Wildman–Crippen LogP) is 2.14. The first-order chi connectivity index (χ1) is 8.86. The fourth-order valence-electron chi connectivity index (χ4n) is 1.62. The number of ether oxygens (including phenoxy) is 1. The Morgan fingerprint density at radius 1 is 1.47 bits per heavy atom. The van der Waals surface area contributed by atoms with E-state index in [9.17, 15) is 19.4 Å². The number of halogens is 2. The van der Waals surface area contributed by atoms with Crippen molar-refractivity contribution < 1.29 is 24.1 Å². The number of carbonyl (C=O) groups excluding carboxylic acids is 1. The van der Waals surface area contributed by atoms with E-state index in [0.29, 0.717) is 5.56 Å². The molecule has 0 bridgehead atoms. The lowest BCUT2D eigenvalue weighted by atomic mass is 10.00. The van der Waals surface area contributed by atoms with E-state index in [2.05, 4.69) is 4.74 Å². The molecule has 106 valence electrons. The van der Waals surface area contributed by atoms with Crippen LogP contribution in [0.3, 0.4) is 0 Å². The number of aliphatic hydroxyl groups is 2. The Balaban J connectivity index is 2.85. The minimum Gasteiger partial charge on any atom is -0.466 e. The van der Waals surface area contributed by atoms with Gasteiger partial charge in [0.05, 0.1) is 19.1 Å². The van der Waals surface area contributed by atoms with Crippen molar-refractivity contribution in [1.82, 2.24) is 0 Å². The third-order valence-corrected chi connectivity index (χ3v) is 3.05. The molecular formula is C13H16ClFO4. The Hall–Kier alpha value is -1.17. The molecule has 2 N–H and O–H groups in total. The van der Waals surface area contributed by atoms with Gasteiger partial charge in [0.15, 0.2) is 0 Å².